The van der Waals surface area contributed by atoms with Gasteiger partial charge in [0.2, 0.25) is 0 Å². The van der Waals surface area contributed by atoms with Crippen molar-refractivity contribution in [3.63, 3.8) is 0 Å². The molecule has 0 spiro atoms. The van der Waals surface area contributed by atoms with Gasteiger partial charge >= 0.3 is 48.9 Å². The van der Waals surface area contributed by atoms with E-state index in [-0.39, 0.29) is 48.9 Å². The molecule has 1 heterocycles. The molecule has 3 nitrogen and oxygen atoms in total. The van der Waals surface area contributed by atoms with Gasteiger partial charge in [-0.2, -0.15) is 5.10 Å². The van der Waals surface area contributed by atoms with Gasteiger partial charge in [0.25, 0.3) is 0 Å². The maximum atomic E-state index is 3.56. The molecule has 0 aliphatic heterocycles. The molecule has 30 valence electrons. The first kappa shape index (κ1) is 6.71. The first-order chi connectivity index (χ1) is 2.50. The molecule has 0 aromatic carbocycles. The molecule has 0 saturated heterocycles. The van der Waals surface area contributed by atoms with Crippen molar-refractivity contribution in [2.75, 3.05) is 0 Å². The van der Waals surface area contributed by atoms with Crippen LogP contribution < -0.4 is 0 Å². The van der Waals surface area contributed by atoms with Gasteiger partial charge in [-0.05, 0) is 0 Å². The van der Waals surface area contributed by atoms with Gasteiger partial charge in [0.1, 0.15) is 12.7 Å². The summed E-state index contributed by atoms with van der Waals surface area (Å²) in [5.41, 5.74) is 0. The molecule has 0 radical (unpaired) electrons. The summed E-state index contributed by atoms with van der Waals surface area (Å²) in [7, 11) is 0. The van der Waals surface area contributed by atoms with Crippen LogP contribution in [0.5, 0.6) is 0 Å². The zero-order valence-electron chi connectivity index (χ0n) is 2.55. The van der Waals surface area contributed by atoms with Crippen LogP contribution in [0, 0.1) is 0 Å². The van der Waals surface area contributed by atoms with Gasteiger partial charge in [-0.1, -0.05) is 0 Å². The van der Waals surface area contributed by atoms with E-state index >= 15 is 0 Å². The van der Waals surface area contributed by atoms with Crippen molar-refractivity contribution in [3.05, 3.63) is 12.7 Å². The third-order valence-electron chi connectivity index (χ3n) is 0.331. The van der Waals surface area contributed by atoms with Crippen LogP contribution in [0.25, 0.3) is 0 Å². The molecule has 0 aliphatic rings. The summed E-state index contributed by atoms with van der Waals surface area (Å²) in [6.45, 7) is 0. The molecular weight excluding hydrogens is 203 g/mol. The molecule has 0 unspecified atom stereocenters. The SMILES string of the molecule is [BaH2].c1nc[nH]n1. The maximum absolute atomic E-state index is 3.56. The third kappa shape index (κ3) is 1.99. The fourth-order valence-corrected chi connectivity index (χ4v) is 0.167. The number of nitrogens with zero attached hydrogens (tertiary/aromatic N) is 2. The maximum Gasteiger partial charge on any atom is 0.137 e. The Bertz CT molecular complexity index is 65.3. The number of H-pyrrole nitrogens is 1. The molecule has 4 heteroatoms. The number of nitrogens with one attached hydrogen (secondary N) is 1. The van der Waals surface area contributed by atoms with E-state index in [0.29, 0.717) is 0 Å². The van der Waals surface area contributed by atoms with Crippen molar-refractivity contribution in [2.45, 2.75) is 0 Å². The first-order valence-corrected chi connectivity index (χ1v) is 1.29. The fraction of sp³-hybridized carbons (Fsp3) is 0. The number of aromatic amines is 1. The number of hydrogen-bond donors (Lipinski definition) is 1. The van der Waals surface area contributed by atoms with Crippen molar-refractivity contribution >= 4 is 48.9 Å². The third-order valence-corrected chi connectivity index (χ3v) is 0.331. The Morgan fingerprint density at radius 1 is 1.50 bits per heavy atom. The standard InChI is InChI=1S/C2H3N3.Ba.2H/c1-3-2-5-4-1;;;/h1-2H,(H,3,4,5);;;. The van der Waals surface area contributed by atoms with E-state index in [1.165, 1.54) is 12.7 Å². The summed E-state index contributed by atoms with van der Waals surface area (Å²) < 4.78 is 0. The number of aromatic nitrogens is 3. The molecule has 0 aliphatic carbocycles. The molecule has 0 saturated carbocycles. The topological polar surface area (TPSA) is 41.6 Å². The Labute approximate surface area is 75.6 Å². The Hall–Kier alpha value is 0.711. The van der Waals surface area contributed by atoms with Crippen molar-refractivity contribution in [1.82, 2.24) is 15.2 Å². The molecule has 0 fully saturated rings. The smallest absolute Gasteiger partial charge is 0.137 e. The second kappa shape index (κ2) is 3.89. The quantitative estimate of drug-likeness (QED) is 0.549. The molecular formula is C2H5BaN3. The summed E-state index contributed by atoms with van der Waals surface area (Å²) in [6.07, 6.45) is 2.96. The number of hydrogen-bond acceptors (Lipinski definition) is 2. The largest absolute Gasteiger partial charge is 0.266 e. The minimum atomic E-state index is 0. The van der Waals surface area contributed by atoms with Gasteiger partial charge in [0.15, 0.2) is 0 Å². The van der Waals surface area contributed by atoms with Gasteiger partial charge in [0, 0.05) is 0 Å². The van der Waals surface area contributed by atoms with Crippen LogP contribution in [0.1, 0.15) is 0 Å². The second-order valence-corrected chi connectivity index (χ2v) is 0.652. The normalized spacial score (nSPS) is 6.67. The monoisotopic (exact) mass is 209 g/mol. The van der Waals surface area contributed by atoms with Crippen molar-refractivity contribution in [3.8, 4) is 0 Å². The van der Waals surface area contributed by atoms with E-state index in [1.54, 1.807) is 0 Å². The van der Waals surface area contributed by atoms with E-state index < -0.39 is 0 Å². The van der Waals surface area contributed by atoms with Gasteiger partial charge in [-0.15, -0.1) is 0 Å². The van der Waals surface area contributed by atoms with Crippen LogP contribution >= 0.6 is 0 Å². The van der Waals surface area contributed by atoms with Crippen LogP contribution in [-0.2, 0) is 0 Å². The predicted molar refractivity (Wildman–Crippen MR) is 24.9 cm³/mol. The van der Waals surface area contributed by atoms with E-state index in [1.807, 2.05) is 0 Å². The zero-order valence-corrected chi connectivity index (χ0v) is 2.55. The van der Waals surface area contributed by atoms with Gasteiger partial charge < -0.3 is 0 Å². The van der Waals surface area contributed by atoms with Crippen LogP contribution in [0.4, 0.5) is 0 Å². The zero-order chi connectivity index (χ0) is 3.54. The summed E-state index contributed by atoms with van der Waals surface area (Å²) in [5, 5.41) is 5.99. The van der Waals surface area contributed by atoms with Gasteiger partial charge in [-0.3, -0.25) is 5.10 Å². The molecule has 0 bridgehead atoms. The average Bonchev–Trinajstić information content (AvgIpc) is 1.76. The van der Waals surface area contributed by atoms with Crippen LogP contribution in [0.15, 0.2) is 12.7 Å². The molecule has 1 aromatic heterocycles. The molecule has 1 rings (SSSR count). The molecule has 1 aromatic rings. The average molecular weight is 208 g/mol. The summed E-state index contributed by atoms with van der Waals surface area (Å²) in [5.74, 6) is 0. The first-order valence-electron chi connectivity index (χ1n) is 1.29. The Balaban J connectivity index is 0.000000250. The van der Waals surface area contributed by atoms with E-state index in [2.05, 4.69) is 15.2 Å². The predicted octanol–water partition coefficient (Wildman–Crippen LogP) is -1.11. The Morgan fingerprint density at radius 3 is 2.50 bits per heavy atom. The minimum absolute atomic E-state index is 0. The van der Waals surface area contributed by atoms with Crippen LogP contribution in [-0.4, -0.2) is 64.1 Å². The van der Waals surface area contributed by atoms with E-state index in [0.717, 1.165) is 0 Å². The van der Waals surface area contributed by atoms with Crippen molar-refractivity contribution < 1.29 is 0 Å². The Morgan fingerprint density at radius 2 is 2.33 bits per heavy atom. The molecule has 0 atom stereocenters. The van der Waals surface area contributed by atoms with E-state index in [4.69, 9.17) is 0 Å². The Kier molecular flexibility index (Phi) is 4.35. The molecule has 0 amide bonds. The summed E-state index contributed by atoms with van der Waals surface area (Å²) >= 11 is 0. The fourth-order valence-electron chi connectivity index (χ4n) is 0.167. The molecule has 6 heavy (non-hydrogen) atoms. The molecule has 1 N–H and O–H groups in total. The number of rotatable bonds is 0. The van der Waals surface area contributed by atoms with E-state index in [9.17, 15) is 0 Å². The second-order valence-electron chi connectivity index (χ2n) is 0.652. The van der Waals surface area contributed by atoms with Crippen LogP contribution in [0.2, 0.25) is 0 Å². The summed E-state index contributed by atoms with van der Waals surface area (Å²) in [4.78, 5) is 3.56. The summed E-state index contributed by atoms with van der Waals surface area (Å²) in [6, 6.07) is 0. The van der Waals surface area contributed by atoms with Crippen molar-refractivity contribution in [2.24, 2.45) is 0 Å². The van der Waals surface area contributed by atoms with Gasteiger partial charge in [-0.25, -0.2) is 4.98 Å². The van der Waals surface area contributed by atoms with Gasteiger partial charge in [0.05, 0.1) is 0 Å². The van der Waals surface area contributed by atoms with Crippen LogP contribution in [0.3, 0.4) is 0 Å². The minimum Gasteiger partial charge on any atom is -0.266 e. The van der Waals surface area contributed by atoms with Crippen molar-refractivity contribution in [1.29, 1.82) is 0 Å².